The number of ether oxygens (including phenoxy) is 3. The van der Waals surface area contributed by atoms with Crippen LogP contribution in [0.3, 0.4) is 0 Å². The highest BCUT2D eigenvalue weighted by atomic mass is 19.4. The Hall–Kier alpha value is -5.06. The molecule has 0 radical (unpaired) electrons. The zero-order valence-corrected chi connectivity index (χ0v) is 28.5. The number of anilines is 1. The van der Waals surface area contributed by atoms with Crippen LogP contribution in [0.15, 0.2) is 67.0 Å². The van der Waals surface area contributed by atoms with Gasteiger partial charge in [-0.15, -0.1) is 0 Å². The van der Waals surface area contributed by atoms with E-state index >= 15 is 0 Å². The van der Waals surface area contributed by atoms with Crippen molar-refractivity contribution in [3.8, 4) is 22.6 Å². The van der Waals surface area contributed by atoms with Crippen molar-refractivity contribution in [3.05, 3.63) is 100 Å². The minimum Gasteiger partial charge on any atom is -0.490 e. The summed E-state index contributed by atoms with van der Waals surface area (Å²) < 4.78 is 141. The van der Waals surface area contributed by atoms with Gasteiger partial charge in [0, 0.05) is 32.2 Å². The molecule has 1 aromatic heterocycles. The summed E-state index contributed by atoms with van der Waals surface area (Å²) in [6.45, 7) is 2.29. The second-order valence-electron chi connectivity index (χ2n) is 12.2. The Kier molecular flexibility index (Phi) is 12.9. The third kappa shape index (κ3) is 11.2. The van der Waals surface area contributed by atoms with Gasteiger partial charge in [0.25, 0.3) is 0 Å². The third-order valence-electron chi connectivity index (χ3n) is 7.81. The van der Waals surface area contributed by atoms with Gasteiger partial charge in [0.2, 0.25) is 5.95 Å². The van der Waals surface area contributed by atoms with E-state index in [4.69, 9.17) is 19.3 Å². The van der Waals surface area contributed by atoms with Crippen LogP contribution < -0.4 is 14.4 Å². The quantitative estimate of drug-likeness (QED) is 0.0728. The highest BCUT2D eigenvalue weighted by Gasteiger charge is 2.37. The number of benzene rings is 3. The molecule has 0 spiro atoms. The fraction of sp³-hybridized carbons (Fsp3) is 0.361. The first kappa shape index (κ1) is 40.7. The first-order valence-electron chi connectivity index (χ1n) is 15.9. The van der Waals surface area contributed by atoms with Crippen LogP contribution in [-0.2, 0) is 41.1 Å². The smallest absolute Gasteiger partial charge is 0.416 e. The van der Waals surface area contributed by atoms with Crippen LogP contribution >= 0.6 is 0 Å². The van der Waals surface area contributed by atoms with Crippen molar-refractivity contribution in [2.24, 2.45) is 0 Å². The third-order valence-corrected chi connectivity index (χ3v) is 7.81. The maximum absolute atomic E-state index is 14.1. The Balaban J connectivity index is 1.89. The normalized spacial score (nSPS) is 12.2. The van der Waals surface area contributed by atoms with Crippen molar-refractivity contribution in [1.29, 1.82) is 0 Å². The number of aromatic nitrogens is 2. The number of halogens is 9. The Morgan fingerprint density at radius 1 is 0.774 bits per heavy atom. The summed E-state index contributed by atoms with van der Waals surface area (Å²) in [4.78, 5) is 20.3. The van der Waals surface area contributed by atoms with Crippen LogP contribution in [0.1, 0.15) is 66.0 Å². The Morgan fingerprint density at radius 3 is 1.94 bits per heavy atom. The average Bonchev–Trinajstić information content (AvgIpc) is 3.07. The van der Waals surface area contributed by atoms with E-state index in [1.165, 1.54) is 13.2 Å². The summed E-state index contributed by atoms with van der Waals surface area (Å²) >= 11 is 0. The second kappa shape index (κ2) is 16.7. The molecule has 0 amide bonds. The van der Waals surface area contributed by atoms with Crippen LogP contribution in [0.4, 0.5) is 45.5 Å². The van der Waals surface area contributed by atoms with Gasteiger partial charge in [-0.25, -0.2) is 9.97 Å². The summed E-state index contributed by atoms with van der Waals surface area (Å²) in [5, 5.41) is 8.83. The van der Waals surface area contributed by atoms with Crippen LogP contribution in [0, 0.1) is 0 Å². The average molecular weight is 760 g/mol. The van der Waals surface area contributed by atoms with Gasteiger partial charge in [0.15, 0.2) is 12.5 Å². The van der Waals surface area contributed by atoms with E-state index in [-0.39, 0.29) is 66.8 Å². The van der Waals surface area contributed by atoms with Crippen LogP contribution in [0.2, 0.25) is 0 Å². The molecular formula is C36H34F9N3O5. The zero-order valence-electron chi connectivity index (χ0n) is 28.5. The maximum atomic E-state index is 14.1. The van der Waals surface area contributed by atoms with Gasteiger partial charge in [-0.1, -0.05) is 26.0 Å². The van der Waals surface area contributed by atoms with Crippen molar-refractivity contribution in [2.45, 2.75) is 64.2 Å². The zero-order chi connectivity index (χ0) is 39.1. The van der Waals surface area contributed by atoms with Gasteiger partial charge in [0.05, 0.1) is 35.7 Å². The second-order valence-corrected chi connectivity index (χ2v) is 12.2. The van der Waals surface area contributed by atoms with E-state index < -0.39 is 59.8 Å². The highest BCUT2D eigenvalue weighted by molar-refractivity contribution is 5.75. The van der Waals surface area contributed by atoms with Gasteiger partial charge in [-0.2, -0.15) is 39.5 Å². The molecular weight excluding hydrogens is 725 g/mol. The molecule has 0 aliphatic heterocycles. The van der Waals surface area contributed by atoms with Crippen molar-refractivity contribution in [3.63, 3.8) is 0 Å². The molecule has 53 heavy (non-hydrogen) atoms. The fourth-order valence-corrected chi connectivity index (χ4v) is 5.22. The molecule has 0 bridgehead atoms. The minimum atomic E-state index is -5.16. The lowest BCUT2D eigenvalue weighted by Gasteiger charge is -2.26. The van der Waals surface area contributed by atoms with Crippen molar-refractivity contribution < 1.29 is 63.6 Å². The van der Waals surface area contributed by atoms with Crippen molar-refractivity contribution >= 4 is 11.9 Å². The lowest BCUT2D eigenvalue weighted by atomic mass is 9.92. The molecule has 4 aromatic rings. The van der Waals surface area contributed by atoms with Crippen molar-refractivity contribution in [1.82, 2.24) is 9.97 Å². The van der Waals surface area contributed by atoms with E-state index in [2.05, 4.69) is 9.97 Å². The standard InChI is InChI=1S/C36H34F9N3O5/c1-21(2)23-6-9-31(53-20-51-3)30(14-23)29-8-7-25(34(37,38)39)13-24(29)19-48(33-46-16-28(17-47-33)52-10-4-5-32(49)50)18-22-11-26(35(40,41)42)15-27(12-22)36(43,44)45/h6-9,11-17,21H,4-5,10,18-20H2,1-3H3,(H,49,50). The molecule has 286 valence electrons. The first-order chi connectivity index (χ1) is 24.8. The molecule has 0 saturated heterocycles. The van der Waals surface area contributed by atoms with Crippen LogP contribution in [0.25, 0.3) is 11.1 Å². The topological polar surface area (TPSA) is 94.0 Å². The molecule has 1 heterocycles. The summed E-state index contributed by atoms with van der Waals surface area (Å²) in [7, 11) is 1.37. The van der Waals surface area contributed by atoms with Crippen molar-refractivity contribution in [2.75, 3.05) is 25.4 Å². The Labute approximate surface area is 298 Å². The number of carbonyl (C=O) groups is 1. The van der Waals surface area contributed by atoms with Gasteiger partial charge in [-0.3, -0.25) is 4.79 Å². The highest BCUT2D eigenvalue weighted by Crippen LogP contribution is 2.40. The molecule has 3 aromatic carbocycles. The number of methoxy groups -OCH3 is 1. The SMILES string of the molecule is COCOc1ccc(C(C)C)cc1-c1ccc(C(F)(F)F)cc1CN(Cc1cc(C(F)(F)F)cc(C(F)(F)F)c1)c1ncc(OCCCC(=O)O)cn1. The number of alkyl halides is 9. The number of nitrogens with zero attached hydrogens (tertiary/aromatic N) is 3. The number of hydrogen-bond acceptors (Lipinski definition) is 7. The summed E-state index contributed by atoms with van der Waals surface area (Å²) in [6.07, 6.45) is -12.9. The molecule has 0 aliphatic carbocycles. The Morgan fingerprint density at radius 2 is 1.40 bits per heavy atom. The number of carboxylic acid groups (broad SMARTS) is 1. The van der Waals surface area contributed by atoms with E-state index in [9.17, 15) is 44.3 Å². The summed E-state index contributed by atoms with van der Waals surface area (Å²) in [5.41, 5.74) is -3.40. The van der Waals surface area contributed by atoms with E-state index in [1.807, 2.05) is 13.8 Å². The molecule has 1 N–H and O–H groups in total. The predicted molar refractivity (Wildman–Crippen MR) is 174 cm³/mol. The lowest BCUT2D eigenvalue weighted by molar-refractivity contribution is -0.143. The molecule has 0 atom stereocenters. The van der Waals surface area contributed by atoms with Crippen LogP contribution in [-0.4, -0.2) is 41.6 Å². The summed E-state index contributed by atoms with van der Waals surface area (Å²) in [6, 6.07) is 8.96. The van der Waals surface area contributed by atoms with Gasteiger partial charge in [-0.05, 0) is 77.1 Å². The number of carboxylic acids is 1. The molecule has 0 fully saturated rings. The Bertz CT molecular complexity index is 1830. The molecule has 8 nitrogen and oxygen atoms in total. The minimum absolute atomic E-state index is 0.0263. The molecule has 0 unspecified atom stereocenters. The largest absolute Gasteiger partial charge is 0.490 e. The molecule has 17 heteroatoms. The number of aliphatic carboxylic acids is 1. The maximum Gasteiger partial charge on any atom is 0.416 e. The van der Waals surface area contributed by atoms with E-state index in [0.29, 0.717) is 17.7 Å². The fourth-order valence-electron chi connectivity index (χ4n) is 5.22. The summed E-state index contributed by atoms with van der Waals surface area (Å²) in [5.74, 6) is -1.06. The molecule has 0 aliphatic rings. The van der Waals surface area contributed by atoms with Gasteiger partial charge in [0.1, 0.15) is 5.75 Å². The molecule has 0 saturated carbocycles. The lowest BCUT2D eigenvalue weighted by Crippen LogP contribution is -2.25. The first-order valence-corrected chi connectivity index (χ1v) is 15.9. The van der Waals surface area contributed by atoms with Gasteiger partial charge >= 0.3 is 24.5 Å². The predicted octanol–water partition coefficient (Wildman–Crippen LogP) is 9.76. The molecule has 4 rings (SSSR count). The van der Waals surface area contributed by atoms with Crippen LogP contribution in [0.5, 0.6) is 11.5 Å². The number of rotatable bonds is 15. The van der Waals surface area contributed by atoms with E-state index in [0.717, 1.165) is 35.0 Å². The van der Waals surface area contributed by atoms with E-state index in [1.54, 1.807) is 18.2 Å². The number of hydrogen-bond donors (Lipinski definition) is 1. The monoisotopic (exact) mass is 759 g/mol. The van der Waals surface area contributed by atoms with Gasteiger partial charge < -0.3 is 24.2 Å².